The molecular weight excluding hydrogens is 198 g/mol. The predicted molar refractivity (Wildman–Crippen MR) is 55.7 cm³/mol. The van der Waals surface area contributed by atoms with Crippen molar-refractivity contribution in [3.05, 3.63) is 17.2 Å². The molecule has 0 saturated carbocycles. The molecule has 0 aliphatic rings. The molecule has 0 heterocycles. The maximum absolute atomic E-state index is 10.9. The summed E-state index contributed by atoms with van der Waals surface area (Å²) in [5, 5.41) is 8.92. The van der Waals surface area contributed by atoms with Crippen molar-refractivity contribution >= 4 is 11.7 Å². The second kappa shape index (κ2) is 4.08. The summed E-state index contributed by atoms with van der Waals surface area (Å²) in [6, 6.07) is 1.36. The number of anilines is 1. The van der Waals surface area contributed by atoms with Crippen LogP contribution < -0.4 is 15.2 Å². The number of rotatable bonds is 3. The van der Waals surface area contributed by atoms with E-state index in [1.807, 2.05) is 0 Å². The number of hydrogen-bond donors (Lipinski definition) is 2. The lowest BCUT2D eigenvalue weighted by atomic mass is 10.1. The van der Waals surface area contributed by atoms with Crippen LogP contribution in [0.5, 0.6) is 11.5 Å². The van der Waals surface area contributed by atoms with Crippen molar-refractivity contribution in [1.82, 2.24) is 0 Å². The van der Waals surface area contributed by atoms with Crippen LogP contribution in [0.1, 0.15) is 15.9 Å². The van der Waals surface area contributed by atoms with E-state index in [0.29, 0.717) is 17.1 Å². The first-order chi connectivity index (χ1) is 7.02. The van der Waals surface area contributed by atoms with Crippen LogP contribution in [0.4, 0.5) is 5.69 Å². The Labute approximate surface area is 87.4 Å². The second-order valence-corrected chi connectivity index (χ2v) is 3.01. The number of ether oxygens (including phenoxy) is 2. The lowest BCUT2D eigenvalue weighted by molar-refractivity contribution is 0.0695. The molecule has 15 heavy (non-hydrogen) atoms. The average Bonchev–Trinajstić information content (AvgIpc) is 2.19. The number of carboxylic acid groups (broad SMARTS) is 1. The summed E-state index contributed by atoms with van der Waals surface area (Å²) in [7, 11) is 2.89. The highest BCUT2D eigenvalue weighted by molar-refractivity contribution is 5.92. The van der Waals surface area contributed by atoms with E-state index in [9.17, 15) is 4.79 Å². The molecule has 0 spiro atoms. The molecule has 5 heteroatoms. The number of hydrogen-bond acceptors (Lipinski definition) is 4. The van der Waals surface area contributed by atoms with Gasteiger partial charge in [0.1, 0.15) is 0 Å². The fourth-order valence-electron chi connectivity index (χ4n) is 1.43. The molecule has 1 aromatic rings. The van der Waals surface area contributed by atoms with Gasteiger partial charge in [-0.3, -0.25) is 0 Å². The van der Waals surface area contributed by atoms with Crippen molar-refractivity contribution < 1.29 is 19.4 Å². The molecule has 82 valence electrons. The van der Waals surface area contributed by atoms with Crippen LogP contribution in [0, 0.1) is 6.92 Å². The Hall–Kier alpha value is -1.91. The van der Waals surface area contributed by atoms with Crippen LogP contribution >= 0.6 is 0 Å². The summed E-state index contributed by atoms with van der Waals surface area (Å²) < 4.78 is 10.1. The minimum absolute atomic E-state index is 0.116. The summed E-state index contributed by atoms with van der Waals surface area (Å²) in [4.78, 5) is 10.9. The van der Waals surface area contributed by atoms with E-state index >= 15 is 0 Å². The molecule has 1 aromatic carbocycles. The molecule has 3 N–H and O–H groups in total. The van der Waals surface area contributed by atoms with Crippen molar-refractivity contribution in [1.29, 1.82) is 0 Å². The summed E-state index contributed by atoms with van der Waals surface area (Å²) in [6.07, 6.45) is 0. The topological polar surface area (TPSA) is 81.8 Å². The molecule has 0 amide bonds. The first-order valence-corrected chi connectivity index (χ1v) is 4.27. The Morgan fingerprint density at radius 2 is 1.87 bits per heavy atom. The highest BCUT2D eigenvalue weighted by Crippen LogP contribution is 2.38. The number of benzene rings is 1. The normalized spacial score (nSPS) is 9.80. The van der Waals surface area contributed by atoms with Gasteiger partial charge < -0.3 is 20.3 Å². The first-order valence-electron chi connectivity index (χ1n) is 4.27. The monoisotopic (exact) mass is 211 g/mol. The molecule has 5 nitrogen and oxygen atoms in total. The van der Waals surface area contributed by atoms with Gasteiger partial charge in [-0.1, -0.05) is 0 Å². The van der Waals surface area contributed by atoms with Gasteiger partial charge in [0.25, 0.3) is 0 Å². The standard InChI is InChI=1S/C10H13NO4/c1-5-6(10(12)13)4-7(11)9(15-3)8(5)14-2/h4H,11H2,1-3H3,(H,12,13). The predicted octanol–water partition coefficient (Wildman–Crippen LogP) is 1.29. The second-order valence-electron chi connectivity index (χ2n) is 3.01. The van der Waals surface area contributed by atoms with E-state index < -0.39 is 5.97 Å². The van der Waals surface area contributed by atoms with Gasteiger partial charge in [0.2, 0.25) is 0 Å². The molecular formula is C10H13NO4. The number of carboxylic acids is 1. The Balaban J connectivity index is 3.51. The first kappa shape index (κ1) is 11.2. The van der Waals surface area contributed by atoms with Gasteiger partial charge in [0.05, 0.1) is 25.5 Å². The molecule has 0 atom stereocenters. The number of carbonyl (C=O) groups is 1. The molecule has 0 bridgehead atoms. The Morgan fingerprint density at radius 3 is 2.27 bits per heavy atom. The average molecular weight is 211 g/mol. The van der Waals surface area contributed by atoms with Crippen LogP contribution in [0.3, 0.4) is 0 Å². The fraction of sp³-hybridized carbons (Fsp3) is 0.300. The minimum Gasteiger partial charge on any atom is -0.492 e. The van der Waals surface area contributed by atoms with Crippen LogP contribution in [0.2, 0.25) is 0 Å². The zero-order chi connectivity index (χ0) is 11.6. The Kier molecular flexibility index (Phi) is 3.04. The van der Waals surface area contributed by atoms with Gasteiger partial charge in [-0.2, -0.15) is 0 Å². The van der Waals surface area contributed by atoms with Gasteiger partial charge in [0.15, 0.2) is 11.5 Å². The van der Waals surface area contributed by atoms with Crippen molar-refractivity contribution in [2.75, 3.05) is 20.0 Å². The number of nitrogen functional groups attached to an aromatic ring is 1. The molecule has 0 unspecified atom stereocenters. The molecule has 0 fully saturated rings. The smallest absolute Gasteiger partial charge is 0.336 e. The van der Waals surface area contributed by atoms with Gasteiger partial charge in [-0.15, -0.1) is 0 Å². The van der Waals surface area contributed by atoms with E-state index in [-0.39, 0.29) is 11.3 Å². The molecule has 0 aromatic heterocycles. The molecule has 0 aliphatic heterocycles. The highest BCUT2D eigenvalue weighted by atomic mass is 16.5. The van der Waals surface area contributed by atoms with Crippen LogP contribution in [-0.2, 0) is 0 Å². The van der Waals surface area contributed by atoms with E-state index in [0.717, 1.165) is 0 Å². The molecule has 0 saturated heterocycles. The zero-order valence-corrected chi connectivity index (χ0v) is 8.83. The lowest BCUT2D eigenvalue weighted by Crippen LogP contribution is -2.06. The van der Waals surface area contributed by atoms with Crippen LogP contribution in [0.15, 0.2) is 6.07 Å². The van der Waals surface area contributed by atoms with Crippen LogP contribution in [-0.4, -0.2) is 25.3 Å². The molecule has 1 rings (SSSR count). The summed E-state index contributed by atoms with van der Waals surface area (Å²) in [5.41, 5.74) is 6.51. The van der Waals surface area contributed by atoms with Gasteiger partial charge in [0, 0.05) is 5.56 Å². The van der Waals surface area contributed by atoms with Crippen molar-refractivity contribution in [3.63, 3.8) is 0 Å². The van der Waals surface area contributed by atoms with Crippen molar-refractivity contribution in [2.45, 2.75) is 6.92 Å². The number of nitrogens with two attached hydrogens (primary N) is 1. The highest BCUT2D eigenvalue weighted by Gasteiger charge is 2.18. The Bertz CT molecular complexity index is 401. The van der Waals surface area contributed by atoms with E-state index in [1.165, 1.54) is 20.3 Å². The molecule has 0 radical (unpaired) electrons. The van der Waals surface area contributed by atoms with Gasteiger partial charge >= 0.3 is 5.97 Å². The maximum atomic E-state index is 10.9. The van der Waals surface area contributed by atoms with E-state index in [1.54, 1.807) is 6.92 Å². The quantitative estimate of drug-likeness (QED) is 0.736. The summed E-state index contributed by atoms with van der Waals surface area (Å²) >= 11 is 0. The molecule has 0 aliphatic carbocycles. The van der Waals surface area contributed by atoms with Crippen LogP contribution in [0.25, 0.3) is 0 Å². The third-order valence-corrected chi connectivity index (χ3v) is 2.15. The fourth-order valence-corrected chi connectivity index (χ4v) is 1.43. The maximum Gasteiger partial charge on any atom is 0.336 e. The van der Waals surface area contributed by atoms with E-state index in [4.69, 9.17) is 20.3 Å². The van der Waals surface area contributed by atoms with Crippen molar-refractivity contribution in [2.24, 2.45) is 0 Å². The van der Waals surface area contributed by atoms with E-state index in [2.05, 4.69) is 0 Å². The number of aromatic carboxylic acids is 1. The summed E-state index contributed by atoms with van der Waals surface area (Å²) in [5.74, 6) is -0.324. The minimum atomic E-state index is -1.04. The largest absolute Gasteiger partial charge is 0.492 e. The SMILES string of the molecule is COc1c(N)cc(C(=O)O)c(C)c1OC. The van der Waals surface area contributed by atoms with Crippen molar-refractivity contribution in [3.8, 4) is 11.5 Å². The van der Waals surface area contributed by atoms with Gasteiger partial charge in [-0.25, -0.2) is 4.79 Å². The third-order valence-electron chi connectivity index (χ3n) is 2.15. The summed E-state index contributed by atoms with van der Waals surface area (Å²) in [6.45, 7) is 1.64. The zero-order valence-electron chi connectivity index (χ0n) is 8.83. The lowest BCUT2D eigenvalue weighted by Gasteiger charge is -2.14. The number of methoxy groups -OCH3 is 2. The van der Waals surface area contributed by atoms with Gasteiger partial charge in [-0.05, 0) is 13.0 Å². The third kappa shape index (κ3) is 1.81. The Morgan fingerprint density at radius 1 is 1.33 bits per heavy atom.